The summed E-state index contributed by atoms with van der Waals surface area (Å²) in [7, 11) is 0. The molecular weight excluding hydrogens is 313 g/mol. The Kier molecular flexibility index (Phi) is 9.01. The Balaban J connectivity index is 0.00000400. The largest absolute Gasteiger partial charge is 0.339 e. The first-order chi connectivity index (χ1) is 9.53. The summed E-state index contributed by atoms with van der Waals surface area (Å²) in [5, 5.41) is 3.01. The molecule has 0 fully saturated rings. The van der Waals surface area contributed by atoms with Crippen molar-refractivity contribution in [3.63, 3.8) is 0 Å². The second-order valence-electron chi connectivity index (χ2n) is 4.26. The molecule has 1 rings (SSSR count). The number of carbonyl (C=O) groups excluding carboxylic acids is 2. The number of benzene rings is 1. The summed E-state index contributed by atoms with van der Waals surface area (Å²) in [5.74, 6) is -0.286. The van der Waals surface area contributed by atoms with Gasteiger partial charge in [-0.25, -0.2) is 0 Å². The van der Waals surface area contributed by atoms with Gasteiger partial charge in [-0.2, -0.15) is 0 Å². The average molecular weight is 334 g/mol. The van der Waals surface area contributed by atoms with Crippen molar-refractivity contribution in [3.05, 3.63) is 28.8 Å². The molecule has 5 nitrogen and oxygen atoms in total. The molecule has 0 heterocycles. The van der Waals surface area contributed by atoms with Crippen molar-refractivity contribution in [1.29, 1.82) is 0 Å². The number of carbonyl (C=O) groups is 2. The van der Waals surface area contributed by atoms with Crippen molar-refractivity contribution in [2.75, 3.05) is 25.0 Å². The highest BCUT2D eigenvalue weighted by Crippen LogP contribution is 2.22. The lowest BCUT2D eigenvalue weighted by Gasteiger charge is -2.19. The van der Waals surface area contributed by atoms with Crippen molar-refractivity contribution >= 4 is 41.5 Å². The molecule has 0 spiro atoms. The Morgan fingerprint density at radius 3 is 2.38 bits per heavy atom. The summed E-state index contributed by atoms with van der Waals surface area (Å²) in [6, 6.07) is 4.87. The van der Waals surface area contributed by atoms with Gasteiger partial charge in [-0.1, -0.05) is 11.6 Å². The van der Waals surface area contributed by atoms with Gasteiger partial charge in [0.25, 0.3) is 5.91 Å². The van der Waals surface area contributed by atoms with Crippen LogP contribution in [-0.4, -0.2) is 36.3 Å². The Morgan fingerprint density at radius 1 is 1.29 bits per heavy atom. The SMILES string of the molecule is CCN(CC)C(=O)c1ccc(NC(=O)CCN)cc1Cl.Cl. The molecule has 0 aliphatic carbocycles. The summed E-state index contributed by atoms with van der Waals surface area (Å²) in [5.41, 5.74) is 6.30. The molecule has 1 aromatic rings. The third-order valence-electron chi connectivity index (χ3n) is 2.91. The number of nitrogens with zero attached hydrogens (tertiary/aromatic N) is 1. The molecule has 21 heavy (non-hydrogen) atoms. The molecule has 3 N–H and O–H groups in total. The molecule has 118 valence electrons. The van der Waals surface area contributed by atoms with Crippen LogP contribution in [0.4, 0.5) is 5.69 Å². The lowest BCUT2D eigenvalue weighted by molar-refractivity contribution is -0.116. The van der Waals surface area contributed by atoms with E-state index in [1.165, 1.54) is 0 Å². The zero-order valence-electron chi connectivity index (χ0n) is 12.2. The predicted molar refractivity (Wildman–Crippen MR) is 88.3 cm³/mol. The average Bonchev–Trinajstić information content (AvgIpc) is 2.40. The van der Waals surface area contributed by atoms with Crippen LogP contribution in [0.15, 0.2) is 18.2 Å². The van der Waals surface area contributed by atoms with Gasteiger partial charge in [-0.3, -0.25) is 9.59 Å². The topological polar surface area (TPSA) is 75.4 Å². The van der Waals surface area contributed by atoms with Crippen molar-refractivity contribution < 1.29 is 9.59 Å². The first-order valence-electron chi connectivity index (χ1n) is 6.62. The maximum atomic E-state index is 12.2. The van der Waals surface area contributed by atoms with E-state index in [2.05, 4.69) is 5.32 Å². The Morgan fingerprint density at radius 2 is 1.90 bits per heavy atom. The van der Waals surface area contributed by atoms with Crippen molar-refractivity contribution in [3.8, 4) is 0 Å². The third-order valence-corrected chi connectivity index (χ3v) is 3.22. The molecule has 0 saturated carbocycles. The predicted octanol–water partition coefficient (Wildman–Crippen LogP) is 2.53. The molecule has 0 aliphatic rings. The number of nitrogens with one attached hydrogen (secondary N) is 1. The van der Waals surface area contributed by atoms with Crippen LogP contribution in [-0.2, 0) is 4.79 Å². The normalized spacial score (nSPS) is 9.71. The lowest BCUT2D eigenvalue weighted by atomic mass is 10.1. The fraction of sp³-hybridized carbons (Fsp3) is 0.429. The van der Waals surface area contributed by atoms with Crippen molar-refractivity contribution in [1.82, 2.24) is 4.90 Å². The van der Waals surface area contributed by atoms with Crippen LogP contribution in [0.1, 0.15) is 30.6 Å². The number of rotatable bonds is 6. The second kappa shape index (κ2) is 9.60. The zero-order chi connectivity index (χ0) is 15.1. The quantitative estimate of drug-likeness (QED) is 0.839. The third kappa shape index (κ3) is 5.53. The van der Waals surface area contributed by atoms with E-state index in [0.29, 0.717) is 29.4 Å². The van der Waals surface area contributed by atoms with Gasteiger partial charge >= 0.3 is 0 Å². The maximum absolute atomic E-state index is 12.2. The van der Waals surface area contributed by atoms with E-state index < -0.39 is 0 Å². The first-order valence-corrected chi connectivity index (χ1v) is 7.00. The van der Waals surface area contributed by atoms with Gasteiger partial charge in [0, 0.05) is 31.7 Å². The molecule has 7 heteroatoms. The summed E-state index contributed by atoms with van der Waals surface area (Å²) in [6.45, 7) is 5.37. The van der Waals surface area contributed by atoms with Crippen molar-refractivity contribution in [2.24, 2.45) is 5.73 Å². The van der Waals surface area contributed by atoms with E-state index in [9.17, 15) is 9.59 Å². The maximum Gasteiger partial charge on any atom is 0.255 e. The van der Waals surface area contributed by atoms with Crippen LogP contribution in [0, 0.1) is 0 Å². The van der Waals surface area contributed by atoms with Gasteiger partial charge in [0.15, 0.2) is 0 Å². The van der Waals surface area contributed by atoms with E-state index in [1.54, 1.807) is 23.1 Å². The summed E-state index contributed by atoms with van der Waals surface area (Å²) in [4.78, 5) is 25.3. The van der Waals surface area contributed by atoms with Crippen LogP contribution in [0.5, 0.6) is 0 Å². The molecular formula is C14H21Cl2N3O2. The second-order valence-corrected chi connectivity index (χ2v) is 4.67. The molecule has 2 amide bonds. The summed E-state index contributed by atoms with van der Waals surface area (Å²) in [6.07, 6.45) is 0.248. The molecule has 0 atom stereocenters. The van der Waals surface area contributed by atoms with E-state index in [-0.39, 0.29) is 37.2 Å². The van der Waals surface area contributed by atoms with E-state index in [4.69, 9.17) is 17.3 Å². The molecule has 0 aromatic heterocycles. The smallest absolute Gasteiger partial charge is 0.255 e. The zero-order valence-corrected chi connectivity index (χ0v) is 13.8. The molecule has 0 saturated heterocycles. The number of hydrogen-bond donors (Lipinski definition) is 2. The van der Waals surface area contributed by atoms with Crippen LogP contribution in [0.3, 0.4) is 0 Å². The van der Waals surface area contributed by atoms with Gasteiger partial charge in [0.1, 0.15) is 0 Å². The van der Waals surface area contributed by atoms with E-state index in [1.807, 2.05) is 13.8 Å². The van der Waals surface area contributed by atoms with Crippen LogP contribution < -0.4 is 11.1 Å². The van der Waals surface area contributed by atoms with Gasteiger partial charge in [0.05, 0.1) is 10.6 Å². The molecule has 0 bridgehead atoms. The molecule has 0 aliphatic heterocycles. The fourth-order valence-electron chi connectivity index (χ4n) is 1.80. The van der Waals surface area contributed by atoms with Gasteiger partial charge < -0.3 is 16.0 Å². The molecule has 0 unspecified atom stereocenters. The Labute approximate surface area is 136 Å². The monoisotopic (exact) mass is 333 g/mol. The minimum absolute atomic E-state index is 0. The highest BCUT2D eigenvalue weighted by molar-refractivity contribution is 6.34. The van der Waals surface area contributed by atoms with Crippen LogP contribution in [0.25, 0.3) is 0 Å². The number of nitrogens with two attached hydrogens (primary N) is 1. The molecule has 1 aromatic carbocycles. The minimum Gasteiger partial charge on any atom is -0.339 e. The fourth-order valence-corrected chi connectivity index (χ4v) is 2.06. The standard InChI is InChI=1S/C14H20ClN3O2.ClH/c1-3-18(4-2)14(20)11-6-5-10(9-12(11)15)17-13(19)7-8-16;/h5-6,9H,3-4,7-8,16H2,1-2H3,(H,17,19);1H. The van der Waals surface area contributed by atoms with Crippen molar-refractivity contribution in [2.45, 2.75) is 20.3 Å². The van der Waals surface area contributed by atoms with Crippen LogP contribution >= 0.6 is 24.0 Å². The Hall–Kier alpha value is -1.30. The van der Waals surface area contributed by atoms with Gasteiger partial charge in [-0.05, 0) is 32.0 Å². The first kappa shape index (κ1) is 19.7. The van der Waals surface area contributed by atoms with E-state index in [0.717, 1.165) is 0 Å². The number of halogens is 2. The summed E-state index contributed by atoms with van der Waals surface area (Å²) >= 11 is 6.12. The van der Waals surface area contributed by atoms with Gasteiger partial charge in [-0.15, -0.1) is 12.4 Å². The number of amides is 2. The number of anilines is 1. The van der Waals surface area contributed by atoms with Crippen LogP contribution in [0.2, 0.25) is 5.02 Å². The lowest BCUT2D eigenvalue weighted by Crippen LogP contribution is -2.30. The Bertz CT molecular complexity index is 491. The van der Waals surface area contributed by atoms with Gasteiger partial charge in [0.2, 0.25) is 5.91 Å². The minimum atomic E-state index is -0.175. The molecule has 0 radical (unpaired) electrons. The van der Waals surface area contributed by atoms with E-state index >= 15 is 0 Å². The highest BCUT2D eigenvalue weighted by atomic mass is 35.5. The highest BCUT2D eigenvalue weighted by Gasteiger charge is 2.16. The number of hydrogen-bond acceptors (Lipinski definition) is 3. The summed E-state index contributed by atoms with van der Waals surface area (Å²) < 4.78 is 0.